The summed E-state index contributed by atoms with van der Waals surface area (Å²) in [5.41, 5.74) is 4.04. The number of hydrogen-bond acceptors (Lipinski definition) is 3. The Kier molecular flexibility index (Phi) is 6.01. The van der Waals surface area contributed by atoms with E-state index >= 15 is 0 Å². The molecule has 3 heteroatoms. The number of para-hydroxylation sites is 1. The minimum atomic E-state index is 0.171. The van der Waals surface area contributed by atoms with Gasteiger partial charge in [-0.25, -0.2) is 0 Å². The zero-order chi connectivity index (χ0) is 12.7. The van der Waals surface area contributed by atoms with Crippen molar-refractivity contribution in [3.63, 3.8) is 0 Å². The second-order valence-corrected chi connectivity index (χ2v) is 4.57. The van der Waals surface area contributed by atoms with Crippen LogP contribution in [-0.2, 0) is 0 Å². The minimum Gasteiger partial charge on any atom is -0.491 e. The van der Waals surface area contributed by atoms with Crippen molar-refractivity contribution >= 4 is 0 Å². The van der Waals surface area contributed by atoms with Gasteiger partial charge in [0, 0.05) is 11.6 Å². The molecule has 0 saturated heterocycles. The van der Waals surface area contributed by atoms with Gasteiger partial charge in [0.2, 0.25) is 0 Å². The molecule has 0 bridgehead atoms. The molecule has 1 aromatic rings. The summed E-state index contributed by atoms with van der Waals surface area (Å²) < 4.78 is 5.81. The Labute approximate surface area is 104 Å². The smallest absolute Gasteiger partial charge is 0.124 e. The number of hydrogen-bond donors (Lipinski definition) is 2. The van der Waals surface area contributed by atoms with Crippen molar-refractivity contribution in [1.29, 1.82) is 0 Å². The van der Waals surface area contributed by atoms with Crippen molar-refractivity contribution in [3.8, 4) is 5.75 Å². The van der Waals surface area contributed by atoms with E-state index in [-0.39, 0.29) is 12.1 Å². The second kappa shape index (κ2) is 7.30. The van der Waals surface area contributed by atoms with E-state index in [0.29, 0.717) is 0 Å². The van der Waals surface area contributed by atoms with Crippen LogP contribution in [0, 0.1) is 0 Å². The average Bonchev–Trinajstić information content (AvgIpc) is 2.31. The van der Waals surface area contributed by atoms with Gasteiger partial charge in [-0.2, -0.15) is 0 Å². The van der Waals surface area contributed by atoms with Crippen LogP contribution in [0.15, 0.2) is 24.3 Å². The van der Waals surface area contributed by atoms with Crippen molar-refractivity contribution in [2.75, 3.05) is 0 Å². The molecule has 0 heterocycles. The third kappa shape index (κ3) is 4.36. The minimum absolute atomic E-state index is 0.171. The summed E-state index contributed by atoms with van der Waals surface area (Å²) in [6, 6.07) is 8.28. The molecular formula is C14H24N2O. The molecule has 1 unspecified atom stereocenters. The number of unbranched alkanes of at least 4 members (excludes halogenated alkanes) is 1. The standard InChI is InChI=1S/C14H24N2O/c1-4-5-9-13(16-15)12-8-6-7-10-14(12)17-11(2)3/h6-8,10-11,13,16H,4-5,9,15H2,1-3H3. The summed E-state index contributed by atoms with van der Waals surface area (Å²) in [5.74, 6) is 6.57. The fourth-order valence-electron chi connectivity index (χ4n) is 1.87. The second-order valence-electron chi connectivity index (χ2n) is 4.57. The molecule has 3 N–H and O–H groups in total. The maximum atomic E-state index is 5.81. The first-order valence-electron chi connectivity index (χ1n) is 6.40. The van der Waals surface area contributed by atoms with E-state index in [2.05, 4.69) is 18.4 Å². The molecule has 96 valence electrons. The van der Waals surface area contributed by atoms with Crippen LogP contribution < -0.4 is 16.0 Å². The predicted octanol–water partition coefficient (Wildman–Crippen LogP) is 3.17. The molecule has 1 rings (SSSR count). The first-order chi connectivity index (χ1) is 8.19. The van der Waals surface area contributed by atoms with E-state index in [1.165, 1.54) is 6.42 Å². The topological polar surface area (TPSA) is 47.3 Å². The van der Waals surface area contributed by atoms with E-state index in [9.17, 15) is 0 Å². The van der Waals surface area contributed by atoms with Crippen LogP contribution in [0.1, 0.15) is 51.6 Å². The van der Waals surface area contributed by atoms with Crippen LogP contribution in [0.4, 0.5) is 0 Å². The lowest BCUT2D eigenvalue weighted by Crippen LogP contribution is -2.28. The molecule has 0 saturated carbocycles. The molecule has 0 aliphatic carbocycles. The average molecular weight is 236 g/mol. The van der Waals surface area contributed by atoms with Crippen LogP contribution >= 0.6 is 0 Å². The third-order valence-electron chi connectivity index (χ3n) is 2.70. The Bertz CT molecular complexity index is 326. The first-order valence-corrected chi connectivity index (χ1v) is 6.40. The molecule has 0 fully saturated rings. The van der Waals surface area contributed by atoms with E-state index in [1.54, 1.807) is 0 Å². The highest BCUT2D eigenvalue weighted by Crippen LogP contribution is 2.28. The SMILES string of the molecule is CCCCC(NN)c1ccccc1OC(C)C. The Morgan fingerprint density at radius 2 is 2.00 bits per heavy atom. The fourth-order valence-corrected chi connectivity index (χ4v) is 1.87. The molecule has 1 aromatic carbocycles. The summed E-state index contributed by atoms with van der Waals surface area (Å²) in [4.78, 5) is 0. The molecule has 1 atom stereocenters. The lowest BCUT2D eigenvalue weighted by atomic mass is 10.0. The van der Waals surface area contributed by atoms with Gasteiger partial charge in [-0.05, 0) is 26.3 Å². The van der Waals surface area contributed by atoms with Gasteiger partial charge < -0.3 is 4.74 Å². The molecular weight excluding hydrogens is 212 g/mol. The zero-order valence-corrected chi connectivity index (χ0v) is 11.1. The number of ether oxygens (including phenoxy) is 1. The largest absolute Gasteiger partial charge is 0.491 e. The van der Waals surface area contributed by atoms with Crippen molar-refractivity contribution in [1.82, 2.24) is 5.43 Å². The molecule has 0 aliphatic rings. The van der Waals surface area contributed by atoms with Crippen molar-refractivity contribution in [2.45, 2.75) is 52.2 Å². The fraction of sp³-hybridized carbons (Fsp3) is 0.571. The van der Waals surface area contributed by atoms with Gasteiger partial charge >= 0.3 is 0 Å². The Morgan fingerprint density at radius 3 is 2.59 bits per heavy atom. The third-order valence-corrected chi connectivity index (χ3v) is 2.70. The van der Waals surface area contributed by atoms with Gasteiger partial charge in [-0.15, -0.1) is 0 Å². The number of rotatable bonds is 7. The molecule has 0 spiro atoms. The van der Waals surface area contributed by atoms with Crippen molar-refractivity contribution in [3.05, 3.63) is 29.8 Å². The lowest BCUT2D eigenvalue weighted by molar-refractivity contribution is 0.237. The maximum Gasteiger partial charge on any atom is 0.124 e. The zero-order valence-electron chi connectivity index (χ0n) is 11.1. The van der Waals surface area contributed by atoms with Crippen LogP contribution in [0.2, 0.25) is 0 Å². The maximum absolute atomic E-state index is 5.81. The molecule has 0 aromatic heterocycles. The van der Waals surface area contributed by atoms with E-state index < -0.39 is 0 Å². The lowest BCUT2D eigenvalue weighted by Gasteiger charge is -2.21. The predicted molar refractivity (Wildman–Crippen MR) is 71.8 cm³/mol. The van der Waals surface area contributed by atoms with Gasteiger partial charge in [0.15, 0.2) is 0 Å². The Hall–Kier alpha value is -1.06. The number of nitrogens with two attached hydrogens (primary N) is 1. The van der Waals surface area contributed by atoms with Gasteiger partial charge in [-0.3, -0.25) is 11.3 Å². The van der Waals surface area contributed by atoms with Gasteiger partial charge in [0.1, 0.15) is 5.75 Å². The molecule has 3 nitrogen and oxygen atoms in total. The van der Waals surface area contributed by atoms with Crippen molar-refractivity contribution in [2.24, 2.45) is 5.84 Å². The summed E-state index contributed by atoms with van der Waals surface area (Å²) >= 11 is 0. The highest BCUT2D eigenvalue weighted by atomic mass is 16.5. The Morgan fingerprint density at radius 1 is 1.29 bits per heavy atom. The van der Waals surface area contributed by atoms with E-state index in [1.807, 2.05) is 32.0 Å². The van der Waals surface area contributed by atoms with Crippen LogP contribution in [0.25, 0.3) is 0 Å². The summed E-state index contributed by atoms with van der Waals surface area (Å²) in [6.07, 6.45) is 3.54. The molecule has 0 aliphatic heterocycles. The molecule has 0 amide bonds. The summed E-state index contributed by atoms with van der Waals surface area (Å²) in [6.45, 7) is 6.26. The van der Waals surface area contributed by atoms with Gasteiger partial charge in [0.05, 0.1) is 6.10 Å². The summed E-state index contributed by atoms with van der Waals surface area (Å²) in [7, 11) is 0. The van der Waals surface area contributed by atoms with E-state index in [4.69, 9.17) is 10.6 Å². The van der Waals surface area contributed by atoms with Gasteiger partial charge in [0.25, 0.3) is 0 Å². The highest BCUT2D eigenvalue weighted by molar-refractivity contribution is 5.36. The molecule has 0 radical (unpaired) electrons. The van der Waals surface area contributed by atoms with Crippen LogP contribution in [-0.4, -0.2) is 6.10 Å². The highest BCUT2D eigenvalue weighted by Gasteiger charge is 2.14. The quantitative estimate of drug-likeness (QED) is 0.564. The normalized spacial score (nSPS) is 12.8. The number of nitrogens with one attached hydrogen (secondary N) is 1. The Balaban J connectivity index is 2.85. The van der Waals surface area contributed by atoms with Crippen LogP contribution in [0.5, 0.6) is 5.75 Å². The molecule has 17 heavy (non-hydrogen) atoms. The number of benzene rings is 1. The monoisotopic (exact) mass is 236 g/mol. The number of hydrazine groups is 1. The van der Waals surface area contributed by atoms with Crippen molar-refractivity contribution < 1.29 is 4.74 Å². The summed E-state index contributed by atoms with van der Waals surface area (Å²) in [5, 5.41) is 0. The van der Waals surface area contributed by atoms with Crippen LogP contribution in [0.3, 0.4) is 0 Å². The van der Waals surface area contributed by atoms with Gasteiger partial charge in [-0.1, -0.05) is 38.0 Å². The first kappa shape index (κ1) is 14.0. The van der Waals surface area contributed by atoms with E-state index in [0.717, 1.165) is 24.2 Å².